The van der Waals surface area contributed by atoms with Crippen molar-refractivity contribution in [2.75, 3.05) is 13.6 Å². The molecule has 0 bridgehead atoms. The Bertz CT molecular complexity index is 242. The molecular weight excluding hydrogens is 170 g/mol. The van der Waals surface area contributed by atoms with Gasteiger partial charge in [0.15, 0.2) is 0 Å². The Labute approximate surface area is 88.8 Å². The molecule has 0 aromatic rings. The van der Waals surface area contributed by atoms with Gasteiger partial charge in [0, 0.05) is 13.6 Å². The van der Waals surface area contributed by atoms with Crippen LogP contribution in [0.4, 0.5) is 0 Å². The maximum Gasteiger partial charge on any atom is 0.0820 e. The molecule has 0 atom stereocenters. The van der Waals surface area contributed by atoms with Gasteiger partial charge >= 0.3 is 0 Å². The van der Waals surface area contributed by atoms with Crippen LogP contribution in [0.2, 0.25) is 0 Å². The summed E-state index contributed by atoms with van der Waals surface area (Å²) in [7, 11) is 2.07. The van der Waals surface area contributed by atoms with Crippen molar-refractivity contribution in [1.29, 1.82) is 0 Å². The van der Waals surface area contributed by atoms with Gasteiger partial charge in [0.2, 0.25) is 0 Å². The first-order valence-corrected chi connectivity index (χ1v) is 5.20. The summed E-state index contributed by atoms with van der Waals surface area (Å²) in [4.78, 5) is 2.18. The van der Waals surface area contributed by atoms with Crippen LogP contribution in [-0.2, 0) is 0 Å². The first kappa shape index (κ1) is 13.1. The Morgan fingerprint density at radius 2 is 1.79 bits per heavy atom. The van der Waals surface area contributed by atoms with Crippen LogP contribution in [0.5, 0.6) is 0 Å². The maximum absolute atomic E-state index is 4.07. The zero-order valence-corrected chi connectivity index (χ0v) is 10.2. The second-order valence-electron chi connectivity index (χ2n) is 4.48. The van der Waals surface area contributed by atoms with E-state index in [1.54, 1.807) is 0 Å². The molecule has 0 aromatic carbocycles. The summed E-state index contributed by atoms with van der Waals surface area (Å²) in [5, 5.41) is 0. The quantitative estimate of drug-likeness (QED) is 0.477. The fourth-order valence-corrected chi connectivity index (χ4v) is 1.41. The summed E-state index contributed by atoms with van der Waals surface area (Å²) in [6.45, 7) is 17.5. The molecule has 0 spiro atoms. The Morgan fingerprint density at radius 1 is 1.29 bits per heavy atom. The van der Waals surface area contributed by atoms with E-state index in [4.69, 9.17) is 0 Å². The molecule has 0 heterocycles. The Hall–Kier alpha value is -0.940. The van der Waals surface area contributed by atoms with Crippen molar-refractivity contribution in [3.8, 4) is 0 Å². The van der Waals surface area contributed by atoms with Gasteiger partial charge in [-0.05, 0) is 17.4 Å². The molecular formula is C13H23N. The first-order valence-electron chi connectivity index (χ1n) is 5.20. The van der Waals surface area contributed by atoms with E-state index >= 15 is 0 Å². The van der Waals surface area contributed by atoms with Crippen LogP contribution in [0.1, 0.15) is 27.7 Å². The minimum Gasteiger partial charge on any atom is -0.368 e. The smallest absolute Gasteiger partial charge is 0.0820 e. The predicted molar refractivity (Wildman–Crippen MR) is 64.1 cm³/mol. The molecule has 80 valence electrons. The second kappa shape index (κ2) is 5.72. The summed E-state index contributed by atoms with van der Waals surface area (Å²) in [5.74, 6) is 1.09. The largest absolute Gasteiger partial charge is 0.368 e. The third-order valence-electron chi connectivity index (χ3n) is 2.19. The summed E-state index contributed by atoms with van der Waals surface area (Å²) in [5.41, 5.74) is 5.15. The monoisotopic (exact) mass is 193 g/mol. The minimum absolute atomic E-state index is 0.453. The Morgan fingerprint density at radius 3 is 2.07 bits per heavy atom. The third kappa shape index (κ3) is 3.85. The Balaban J connectivity index is 4.59. The maximum atomic E-state index is 4.07. The SMILES string of the molecule is C=C=C(C(=C)C(C)C)N(C)CC(C)C. The van der Waals surface area contributed by atoms with E-state index in [-0.39, 0.29) is 0 Å². The molecule has 0 rings (SSSR count). The minimum atomic E-state index is 0.453. The highest BCUT2D eigenvalue weighted by atomic mass is 15.1. The van der Waals surface area contributed by atoms with Gasteiger partial charge in [-0.15, -0.1) is 5.73 Å². The molecule has 0 amide bonds. The molecule has 0 aliphatic heterocycles. The molecule has 0 saturated carbocycles. The van der Waals surface area contributed by atoms with Crippen LogP contribution < -0.4 is 0 Å². The number of likely N-dealkylation sites (N-methyl/N-ethyl adjacent to an activating group) is 1. The molecule has 0 radical (unpaired) electrons. The number of nitrogens with zero attached hydrogens (tertiary/aromatic N) is 1. The van der Waals surface area contributed by atoms with E-state index in [0.29, 0.717) is 11.8 Å². The van der Waals surface area contributed by atoms with Gasteiger partial charge in [-0.3, -0.25) is 0 Å². The Kier molecular flexibility index (Phi) is 5.34. The molecule has 0 saturated heterocycles. The van der Waals surface area contributed by atoms with Crippen molar-refractivity contribution in [1.82, 2.24) is 4.90 Å². The molecule has 0 aromatic heterocycles. The van der Waals surface area contributed by atoms with E-state index < -0.39 is 0 Å². The number of rotatable bonds is 5. The summed E-state index contributed by atoms with van der Waals surface area (Å²) >= 11 is 0. The molecule has 0 fully saturated rings. The lowest BCUT2D eigenvalue weighted by Crippen LogP contribution is -2.24. The van der Waals surface area contributed by atoms with Gasteiger partial charge in [-0.25, -0.2) is 0 Å². The van der Waals surface area contributed by atoms with Gasteiger partial charge in [0.1, 0.15) is 0 Å². The van der Waals surface area contributed by atoms with E-state index in [0.717, 1.165) is 17.8 Å². The van der Waals surface area contributed by atoms with Crippen molar-refractivity contribution < 1.29 is 0 Å². The highest BCUT2D eigenvalue weighted by molar-refractivity contribution is 5.27. The number of allylic oxidation sites excluding steroid dienone is 1. The van der Waals surface area contributed by atoms with Gasteiger partial charge in [-0.1, -0.05) is 40.9 Å². The second-order valence-corrected chi connectivity index (χ2v) is 4.48. The van der Waals surface area contributed by atoms with Crippen molar-refractivity contribution in [3.05, 3.63) is 30.2 Å². The zero-order chi connectivity index (χ0) is 11.3. The highest BCUT2D eigenvalue weighted by Crippen LogP contribution is 2.19. The normalized spacial score (nSPS) is 10.2. The standard InChI is InChI=1S/C13H23N/c1-8-13(12(6)11(4)5)14(7)9-10(2)3/h10-11H,1,6,9H2,2-5,7H3. The molecule has 0 aliphatic rings. The van der Waals surface area contributed by atoms with Gasteiger partial charge < -0.3 is 4.90 Å². The van der Waals surface area contributed by atoms with Crippen LogP contribution in [0.15, 0.2) is 30.2 Å². The molecule has 1 nitrogen and oxygen atoms in total. The van der Waals surface area contributed by atoms with Crippen LogP contribution in [0.3, 0.4) is 0 Å². The summed E-state index contributed by atoms with van der Waals surface area (Å²) in [6, 6.07) is 0. The third-order valence-corrected chi connectivity index (χ3v) is 2.19. The van der Waals surface area contributed by atoms with Crippen LogP contribution in [0.25, 0.3) is 0 Å². The van der Waals surface area contributed by atoms with E-state index in [2.05, 4.69) is 58.5 Å². The van der Waals surface area contributed by atoms with E-state index in [1.165, 1.54) is 0 Å². The first-order chi connectivity index (χ1) is 6.40. The van der Waals surface area contributed by atoms with Crippen LogP contribution in [0, 0.1) is 11.8 Å². The molecule has 1 heteroatoms. The van der Waals surface area contributed by atoms with Crippen molar-refractivity contribution in [3.63, 3.8) is 0 Å². The van der Waals surface area contributed by atoms with Gasteiger partial charge in [0.25, 0.3) is 0 Å². The van der Waals surface area contributed by atoms with Gasteiger partial charge in [0.05, 0.1) is 5.70 Å². The summed E-state index contributed by atoms with van der Waals surface area (Å²) in [6.07, 6.45) is 0. The lowest BCUT2D eigenvalue weighted by atomic mass is 10.0. The molecule has 14 heavy (non-hydrogen) atoms. The van der Waals surface area contributed by atoms with E-state index in [1.807, 2.05) is 0 Å². The van der Waals surface area contributed by atoms with Gasteiger partial charge in [-0.2, -0.15) is 0 Å². The fourth-order valence-electron chi connectivity index (χ4n) is 1.41. The molecule has 0 N–H and O–H groups in total. The van der Waals surface area contributed by atoms with Crippen molar-refractivity contribution in [2.24, 2.45) is 11.8 Å². The topological polar surface area (TPSA) is 3.24 Å². The lowest BCUT2D eigenvalue weighted by molar-refractivity contribution is 0.363. The highest BCUT2D eigenvalue weighted by Gasteiger charge is 2.11. The summed E-state index contributed by atoms with van der Waals surface area (Å²) < 4.78 is 0. The number of hydrogen-bond acceptors (Lipinski definition) is 1. The average molecular weight is 193 g/mol. The average Bonchev–Trinajstić information content (AvgIpc) is 2.03. The molecule has 0 unspecified atom stereocenters. The van der Waals surface area contributed by atoms with Crippen molar-refractivity contribution >= 4 is 0 Å². The fraction of sp³-hybridized carbons (Fsp3) is 0.615. The van der Waals surface area contributed by atoms with Crippen LogP contribution >= 0.6 is 0 Å². The zero-order valence-electron chi connectivity index (χ0n) is 10.2. The van der Waals surface area contributed by atoms with Crippen LogP contribution in [-0.4, -0.2) is 18.5 Å². The van der Waals surface area contributed by atoms with Crippen molar-refractivity contribution in [2.45, 2.75) is 27.7 Å². The van der Waals surface area contributed by atoms with E-state index in [9.17, 15) is 0 Å². The number of hydrogen-bond donors (Lipinski definition) is 0. The molecule has 0 aliphatic carbocycles. The predicted octanol–water partition coefficient (Wildman–Crippen LogP) is 3.46. The lowest BCUT2D eigenvalue weighted by Gasteiger charge is -2.25.